The number of hydrogen-bond acceptors (Lipinski definition) is 4. The molecule has 0 aliphatic rings. The molecule has 1 N–H and O–H groups in total. The third kappa shape index (κ3) is 2.17. The zero-order chi connectivity index (χ0) is 12.3. The number of nitriles is 1. The van der Waals surface area contributed by atoms with Gasteiger partial charge in [-0.2, -0.15) is 10.4 Å². The van der Waals surface area contributed by atoms with Crippen molar-refractivity contribution in [2.45, 2.75) is 32.9 Å². The highest BCUT2D eigenvalue weighted by Gasteiger charge is 2.19. The minimum absolute atomic E-state index is 0.0291. The van der Waals surface area contributed by atoms with E-state index < -0.39 is 0 Å². The Morgan fingerprint density at radius 1 is 1.62 bits per heavy atom. The van der Waals surface area contributed by atoms with Crippen molar-refractivity contribution in [1.82, 2.24) is 9.78 Å². The smallest absolute Gasteiger partial charge is 0.132 e. The Morgan fingerprint density at radius 3 is 2.75 bits per heavy atom. The van der Waals surface area contributed by atoms with Crippen molar-refractivity contribution in [2.75, 3.05) is 11.9 Å². The van der Waals surface area contributed by atoms with Crippen molar-refractivity contribution in [1.29, 1.82) is 5.26 Å². The maximum Gasteiger partial charge on any atom is 0.132 e. The normalized spacial score (nSPS) is 12.2. The third-order valence-electron chi connectivity index (χ3n) is 2.85. The van der Waals surface area contributed by atoms with Crippen LogP contribution in [0.2, 0.25) is 0 Å². The number of aromatic nitrogens is 2. The van der Waals surface area contributed by atoms with Crippen LogP contribution in [0.5, 0.6) is 0 Å². The maximum atomic E-state index is 9.33. The van der Waals surface area contributed by atoms with E-state index in [1.54, 1.807) is 4.68 Å². The van der Waals surface area contributed by atoms with Crippen LogP contribution < -0.4 is 4.90 Å². The Labute approximate surface area is 95.9 Å². The van der Waals surface area contributed by atoms with E-state index >= 15 is 0 Å². The highest BCUT2D eigenvalue weighted by atomic mass is 16.3. The lowest BCUT2D eigenvalue weighted by Crippen LogP contribution is -2.31. The third-order valence-corrected chi connectivity index (χ3v) is 2.85. The molecule has 1 aromatic heterocycles. The van der Waals surface area contributed by atoms with Crippen LogP contribution in [-0.2, 0) is 13.7 Å². The van der Waals surface area contributed by atoms with E-state index in [0.29, 0.717) is 6.42 Å². The van der Waals surface area contributed by atoms with Gasteiger partial charge in [0, 0.05) is 25.7 Å². The van der Waals surface area contributed by atoms with Gasteiger partial charge in [-0.15, -0.1) is 0 Å². The highest BCUT2D eigenvalue weighted by molar-refractivity contribution is 5.50. The van der Waals surface area contributed by atoms with E-state index in [-0.39, 0.29) is 12.6 Å². The molecule has 1 rings (SSSR count). The molecule has 0 radical (unpaired) electrons. The Hall–Kier alpha value is -1.54. The van der Waals surface area contributed by atoms with E-state index in [1.165, 1.54) is 0 Å². The fraction of sp³-hybridized carbons (Fsp3) is 0.636. The second-order valence-electron chi connectivity index (χ2n) is 3.99. The first-order chi connectivity index (χ1) is 7.52. The number of anilines is 1. The molecule has 0 aliphatic carbocycles. The van der Waals surface area contributed by atoms with Crippen molar-refractivity contribution in [3.05, 3.63) is 11.3 Å². The summed E-state index contributed by atoms with van der Waals surface area (Å²) in [5, 5.41) is 22.3. The zero-order valence-electron chi connectivity index (χ0n) is 10.2. The largest absolute Gasteiger partial charge is 0.391 e. The number of hydrogen-bond donors (Lipinski definition) is 1. The lowest BCUT2D eigenvalue weighted by Gasteiger charge is -2.26. The van der Waals surface area contributed by atoms with Crippen LogP contribution in [0, 0.1) is 18.3 Å². The van der Waals surface area contributed by atoms with Gasteiger partial charge >= 0.3 is 0 Å². The van der Waals surface area contributed by atoms with E-state index in [0.717, 1.165) is 17.1 Å². The molecule has 0 amide bonds. The van der Waals surface area contributed by atoms with Crippen molar-refractivity contribution in [3.63, 3.8) is 0 Å². The summed E-state index contributed by atoms with van der Waals surface area (Å²) in [6.07, 6.45) is 0.450. The summed E-state index contributed by atoms with van der Waals surface area (Å²) in [7, 11) is 3.76. The Morgan fingerprint density at radius 2 is 2.25 bits per heavy atom. The first-order valence-corrected chi connectivity index (χ1v) is 5.26. The van der Waals surface area contributed by atoms with E-state index in [4.69, 9.17) is 5.26 Å². The predicted molar refractivity (Wildman–Crippen MR) is 62.0 cm³/mol. The van der Waals surface area contributed by atoms with Crippen LogP contribution in [-0.4, -0.2) is 28.0 Å². The lowest BCUT2D eigenvalue weighted by atomic mass is 10.2. The molecule has 88 valence electrons. The maximum absolute atomic E-state index is 9.33. The van der Waals surface area contributed by atoms with Crippen LogP contribution in [0.1, 0.15) is 24.6 Å². The Kier molecular flexibility index (Phi) is 3.91. The standard InChI is InChI=1S/C11H18N4O/c1-8(5-6-12)14(3)11-10(7-16)9(2)13-15(11)4/h8,16H,5,7H2,1-4H3. The predicted octanol–water partition coefficient (Wildman–Crippen LogP) is 0.959. The molecule has 1 heterocycles. The Balaban J connectivity index is 3.07. The molecular formula is C11H18N4O. The lowest BCUT2D eigenvalue weighted by molar-refractivity contribution is 0.281. The molecule has 5 heteroatoms. The highest BCUT2D eigenvalue weighted by Crippen LogP contribution is 2.24. The van der Waals surface area contributed by atoms with Gasteiger partial charge < -0.3 is 10.0 Å². The van der Waals surface area contributed by atoms with Crippen molar-refractivity contribution < 1.29 is 5.11 Å². The molecule has 0 spiro atoms. The van der Waals surface area contributed by atoms with Crippen LogP contribution >= 0.6 is 0 Å². The molecule has 5 nitrogen and oxygen atoms in total. The number of aryl methyl sites for hydroxylation is 2. The number of aliphatic hydroxyl groups is 1. The van der Waals surface area contributed by atoms with Crippen molar-refractivity contribution in [2.24, 2.45) is 7.05 Å². The van der Waals surface area contributed by atoms with Crippen LogP contribution in [0.25, 0.3) is 0 Å². The molecule has 0 saturated heterocycles. The summed E-state index contributed by atoms with van der Waals surface area (Å²) in [4.78, 5) is 1.98. The second-order valence-corrected chi connectivity index (χ2v) is 3.99. The molecule has 0 aromatic carbocycles. The zero-order valence-corrected chi connectivity index (χ0v) is 10.2. The van der Waals surface area contributed by atoms with Gasteiger partial charge in [0.1, 0.15) is 5.82 Å². The SMILES string of the molecule is Cc1nn(C)c(N(C)C(C)CC#N)c1CO. The first-order valence-electron chi connectivity index (χ1n) is 5.26. The minimum Gasteiger partial charge on any atom is -0.391 e. The summed E-state index contributed by atoms with van der Waals surface area (Å²) in [6, 6.07) is 2.25. The van der Waals surface area contributed by atoms with Crippen LogP contribution in [0.3, 0.4) is 0 Å². The van der Waals surface area contributed by atoms with E-state index in [9.17, 15) is 5.11 Å². The van der Waals surface area contributed by atoms with Gasteiger partial charge in [-0.1, -0.05) is 0 Å². The van der Waals surface area contributed by atoms with Gasteiger partial charge in [0.15, 0.2) is 0 Å². The number of aliphatic hydroxyl groups excluding tert-OH is 1. The van der Waals surface area contributed by atoms with Gasteiger partial charge in [0.05, 0.1) is 24.8 Å². The molecule has 1 unspecified atom stereocenters. The summed E-state index contributed by atoms with van der Waals surface area (Å²) < 4.78 is 1.74. The molecule has 16 heavy (non-hydrogen) atoms. The average Bonchev–Trinajstić information content (AvgIpc) is 2.52. The molecule has 0 fully saturated rings. The summed E-state index contributed by atoms with van der Waals surface area (Å²) in [5.74, 6) is 0.878. The van der Waals surface area contributed by atoms with Crippen LogP contribution in [0.4, 0.5) is 5.82 Å². The van der Waals surface area contributed by atoms with E-state index in [2.05, 4.69) is 11.2 Å². The van der Waals surface area contributed by atoms with Gasteiger partial charge in [-0.05, 0) is 13.8 Å². The first kappa shape index (κ1) is 12.5. The monoisotopic (exact) mass is 222 g/mol. The minimum atomic E-state index is -0.0291. The number of rotatable bonds is 4. The molecule has 0 bridgehead atoms. The summed E-state index contributed by atoms with van der Waals surface area (Å²) >= 11 is 0. The summed E-state index contributed by atoms with van der Waals surface area (Å²) in [6.45, 7) is 3.82. The van der Waals surface area contributed by atoms with Gasteiger partial charge in [0.2, 0.25) is 0 Å². The summed E-state index contributed by atoms with van der Waals surface area (Å²) in [5.41, 5.74) is 1.66. The molecule has 0 aliphatic heterocycles. The van der Waals surface area contributed by atoms with Crippen molar-refractivity contribution in [3.8, 4) is 6.07 Å². The average molecular weight is 222 g/mol. The van der Waals surface area contributed by atoms with Gasteiger partial charge in [-0.3, -0.25) is 4.68 Å². The molecule has 0 saturated carbocycles. The molecule has 1 aromatic rings. The van der Waals surface area contributed by atoms with Crippen LogP contribution in [0.15, 0.2) is 0 Å². The molecule has 1 atom stereocenters. The molecular weight excluding hydrogens is 204 g/mol. The topological polar surface area (TPSA) is 65.1 Å². The quantitative estimate of drug-likeness (QED) is 0.824. The van der Waals surface area contributed by atoms with Gasteiger partial charge in [-0.25, -0.2) is 0 Å². The fourth-order valence-corrected chi connectivity index (χ4v) is 1.79. The van der Waals surface area contributed by atoms with Crippen molar-refractivity contribution >= 4 is 5.82 Å². The van der Waals surface area contributed by atoms with E-state index in [1.807, 2.05) is 32.8 Å². The Bertz CT molecular complexity index is 405. The second kappa shape index (κ2) is 4.99. The van der Waals surface area contributed by atoms with Gasteiger partial charge in [0.25, 0.3) is 0 Å². The fourth-order valence-electron chi connectivity index (χ4n) is 1.79. The number of nitrogens with zero attached hydrogens (tertiary/aromatic N) is 4.